The zero-order valence-electron chi connectivity index (χ0n) is 12.0. The summed E-state index contributed by atoms with van der Waals surface area (Å²) in [5.41, 5.74) is 0.914. The highest BCUT2D eigenvalue weighted by Gasteiger charge is 2.24. The van der Waals surface area contributed by atoms with Gasteiger partial charge in [-0.15, -0.1) is 0 Å². The van der Waals surface area contributed by atoms with E-state index in [1.165, 1.54) is 11.8 Å². The number of nitrogens with one attached hydrogen (secondary N) is 1. The van der Waals surface area contributed by atoms with Crippen LogP contribution in [0.4, 0.5) is 5.82 Å². The van der Waals surface area contributed by atoms with Crippen molar-refractivity contribution in [3.05, 3.63) is 46.6 Å². The van der Waals surface area contributed by atoms with Gasteiger partial charge in [0.15, 0.2) is 11.0 Å². The van der Waals surface area contributed by atoms with Crippen LogP contribution in [0.2, 0.25) is 0 Å². The zero-order valence-corrected chi connectivity index (χ0v) is 12.8. The number of amides is 1. The molecule has 1 fully saturated rings. The van der Waals surface area contributed by atoms with E-state index >= 15 is 0 Å². The number of hydrogen-bond acceptors (Lipinski definition) is 6. The van der Waals surface area contributed by atoms with Gasteiger partial charge in [-0.25, -0.2) is 4.99 Å². The SMILES string of the molecule is COc1ccc(/C=C2\SC(=Nc3cc(C)on3)NC2=O)cc1. The van der Waals surface area contributed by atoms with Crippen LogP contribution < -0.4 is 10.1 Å². The van der Waals surface area contributed by atoms with Crippen LogP contribution in [0.3, 0.4) is 0 Å². The number of nitrogens with zero attached hydrogens (tertiary/aromatic N) is 2. The van der Waals surface area contributed by atoms with Crippen LogP contribution in [0.1, 0.15) is 11.3 Å². The Labute approximate surface area is 131 Å². The molecule has 112 valence electrons. The number of methoxy groups -OCH3 is 1. The van der Waals surface area contributed by atoms with Crippen molar-refractivity contribution in [3.63, 3.8) is 0 Å². The Morgan fingerprint density at radius 1 is 1.36 bits per heavy atom. The van der Waals surface area contributed by atoms with Crippen LogP contribution in [0, 0.1) is 6.92 Å². The average Bonchev–Trinajstić information content (AvgIpc) is 3.06. The largest absolute Gasteiger partial charge is 0.497 e. The lowest BCUT2D eigenvalue weighted by Crippen LogP contribution is -2.19. The molecule has 0 radical (unpaired) electrons. The Morgan fingerprint density at radius 2 is 2.14 bits per heavy atom. The topological polar surface area (TPSA) is 76.7 Å². The van der Waals surface area contributed by atoms with E-state index in [0.717, 1.165) is 11.3 Å². The van der Waals surface area contributed by atoms with Crippen molar-refractivity contribution in [2.45, 2.75) is 6.92 Å². The van der Waals surface area contributed by atoms with Crippen molar-refractivity contribution in [2.75, 3.05) is 7.11 Å². The molecule has 22 heavy (non-hydrogen) atoms. The summed E-state index contributed by atoms with van der Waals surface area (Å²) in [5.74, 6) is 1.70. The van der Waals surface area contributed by atoms with E-state index in [0.29, 0.717) is 21.7 Å². The minimum atomic E-state index is -0.181. The number of aryl methyl sites for hydroxylation is 1. The van der Waals surface area contributed by atoms with Crippen molar-refractivity contribution < 1.29 is 14.1 Å². The van der Waals surface area contributed by atoms with Crippen LogP contribution in [0.5, 0.6) is 5.75 Å². The minimum Gasteiger partial charge on any atom is -0.497 e. The number of carbonyl (C=O) groups is 1. The van der Waals surface area contributed by atoms with Gasteiger partial charge in [0.2, 0.25) is 0 Å². The summed E-state index contributed by atoms with van der Waals surface area (Å²) in [4.78, 5) is 16.8. The Bertz CT molecular complexity index is 763. The highest BCUT2D eigenvalue weighted by Crippen LogP contribution is 2.28. The van der Waals surface area contributed by atoms with Crippen LogP contribution in [-0.2, 0) is 4.79 Å². The van der Waals surface area contributed by atoms with Gasteiger partial charge in [-0.05, 0) is 42.5 Å². The molecule has 1 aromatic carbocycles. The number of carbonyl (C=O) groups excluding carboxylic acids is 1. The van der Waals surface area contributed by atoms with Crippen LogP contribution in [0.15, 0.2) is 44.8 Å². The molecule has 0 spiro atoms. The van der Waals surface area contributed by atoms with Gasteiger partial charge in [0.25, 0.3) is 5.91 Å². The molecule has 1 saturated heterocycles. The predicted molar refractivity (Wildman–Crippen MR) is 85.0 cm³/mol. The Hall–Kier alpha value is -2.54. The van der Waals surface area contributed by atoms with E-state index in [2.05, 4.69) is 15.5 Å². The average molecular weight is 315 g/mol. The number of aliphatic imine (C=N–C) groups is 1. The molecule has 2 aromatic rings. The van der Waals surface area contributed by atoms with Gasteiger partial charge >= 0.3 is 0 Å². The molecule has 0 atom stereocenters. The lowest BCUT2D eigenvalue weighted by Gasteiger charge is -1.99. The van der Waals surface area contributed by atoms with Crippen LogP contribution >= 0.6 is 11.8 Å². The molecule has 0 saturated carbocycles. The summed E-state index contributed by atoms with van der Waals surface area (Å²) in [7, 11) is 1.61. The summed E-state index contributed by atoms with van der Waals surface area (Å²) >= 11 is 1.27. The number of ether oxygens (including phenoxy) is 1. The van der Waals surface area contributed by atoms with Gasteiger partial charge in [0.1, 0.15) is 11.5 Å². The molecule has 2 heterocycles. The van der Waals surface area contributed by atoms with Gasteiger partial charge in [0.05, 0.1) is 12.0 Å². The molecular weight excluding hydrogens is 302 g/mol. The number of aromatic nitrogens is 1. The second-order valence-corrected chi connectivity index (χ2v) is 5.58. The lowest BCUT2D eigenvalue weighted by atomic mass is 10.2. The predicted octanol–water partition coefficient (Wildman–Crippen LogP) is 2.88. The Balaban J connectivity index is 1.79. The van der Waals surface area contributed by atoms with Crippen molar-refractivity contribution in [1.82, 2.24) is 10.5 Å². The number of hydrogen-bond donors (Lipinski definition) is 1. The van der Waals surface area contributed by atoms with Gasteiger partial charge < -0.3 is 14.6 Å². The summed E-state index contributed by atoms with van der Waals surface area (Å²) < 4.78 is 10.0. The van der Waals surface area contributed by atoms with Crippen molar-refractivity contribution in [3.8, 4) is 5.75 Å². The molecule has 1 amide bonds. The number of thioether (sulfide) groups is 1. The first kappa shape index (κ1) is 14.4. The molecular formula is C15H13N3O3S. The maximum absolute atomic E-state index is 12.0. The molecule has 1 aliphatic rings. The van der Waals surface area contributed by atoms with Gasteiger partial charge in [-0.2, -0.15) is 0 Å². The van der Waals surface area contributed by atoms with Crippen LogP contribution in [-0.4, -0.2) is 23.3 Å². The summed E-state index contributed by atoms with van der Waals surface area (Å²) in [5, 5.41) is 6.96. The molecule has 1 aliphatic heterocycles. The first-order valence-corrected chi connectivity index (χ1v) is 7.32. The smallest absolute Gasteiger partial charge is 0.264 e. The lowest BCUT2D eigenvalue weighted by molar-refractivity contribution is -0.115. The van der Waals surface area contributed by atoms with Gasteiger partial charge in [-0.3, -0.25) is 4.79 Å². The first-order chi connectivity index (χ1) is 10.6. The van der Waals surface area contributed by atoms with Gasteiger partial charge in [-0.1, -0.05) is 17.3 Å². The maximum atomic E-state index is 12.0. The quantitative estimate of drug-likeness (QED) is 0.881. The van der Waals surface area contributed by atoms with E-state index in [-0.39, 0.29) is 5.91 Å². The fraction of sp³-hybridized carbons (Fsp3) is 0.133. The Kier molecular flexibility index (Phi) is 3.97. The first-order valence-electron chi connectivity index (χ1n) is 6.51. The Morgan fingerprint density at radius 3 is 2.77 bits per heavy atom. The maximum Gasteiger partial charge on any atom is 0.264 e. The number of amidine groups is 1. The third-order valence-electron chi connectivity index (χ3n) is 2.90. The van der Waals surface area contributed by atoms with Crippen LogP contribution in [0.25, 0.3) is 6.08 Å². The molecule has 0 bridgehead atoms. The third-order valence-corrected chi connectivity index (χ3v) is 3.81. The molecule has 1 N–H and O–H groups in total. The standard InChI is InChI=1S/C15H13N3O3S/c1-9-7-13(18-21-9)16-15-17-14(19)12(22-15)8-10-3-5-11(20-2)6-4-10/h3-8H,1-2H3,(H,16,17,18,19)/b12-8-. The zero-order chi connectivity index (χ0) is 15.5. The molecule has 6 nitrogen and oxygen atoms in total. The van der Waals surface area contributed by atoms with E-state index in [4.69, 9.17) is 9.26 Å². The number of benzene rings is 1. The van der Waals surface area contributed by atoms with E-state index in [1.807, 2.05) is 24.3 Å². The van der Waals surface area contributed by atoms with Crippen molar-refractivity contribution >= 4 is 34.7 Å². The van der Waals surface area contributed by atoms with Crippen molar-refractivity contribution in [1.29, 1.82) is 0 Å². The fourth-order valence-corrected chi connectivity index (χ4v) is 2.67. The summed E-state index contributed by atoms with van der Waals surface area (Å²) in [6.07, 6.45) is 1.80. The highest BCUT2D eigenvalue weighted by molar-refractivity contribution is 8.18. The molecule has 1 aromatic heterocycles. The second kappa shape index (κ2) is 6.07. The second-order valence-electron chi connectivity index (χ2n) is 4.55. The third kappa shape index (κ3) is 3.20. The summed E-state index contributed by atoms with van der Waals surface area (Å²) in [6, 6.07) is 9.16. The van der Waals surface area contributed by atoms with E-state index in [1.54, 1.807) is 26.2 Å². The highest BCUT2D eigenvalue weighted by atomic mass is 32.2. The molecule has 7 heteroatoms. The molecule has 0 aliphatic carbocycles. The fourth-order valence-electron chi connectivity index (χ4n) is 1.84. The summed E-state index contributed by atoms with van der Waals surface area (Å²) in [6.45, 7) is 1.78. The normalized spacial score (nSPS) is 18.0. The molecule has 0 unspecified atom stereocenters. The minimum absolute atomic E-state index is 0.181. The van der Waals surface area contributed by atoms with Gasteiger partial charge in [0, 0.05) is 6.07 Å². The van der Waals surface area contributed by atoms with Crippen molar-refractivity contribution in [2.24, 2.45) is 4.99 Å². The monoisotopic (exact) mass is 315 g/mol. The number of rotatable bonds is 3. The van der Waals surface area contributed by atoms with E-state index in [9.17, 15) is 4.79 Å². The molecule has 3 rings (SSSR count). The van der Waals surface area contributed by atoms with E-state index < -0.39 is 0 Å².